The molecule has 0 bridgehead atoms. The van der Waals surface area contributed by atoms with Gasteiger partial charge in [0.2, 0.25) is 0 Å². The number of fused-ring (bicyclic) bond motifs is 5. The summed E-state index contributed by atoms with van der Waals surface area (Å²) in [4.78, 5) is 9.56. The fourth-order valence-electron chi connectivity index (χ4n) is 12.0. The van der Waals surface area contributed by atoms with Crippen LogP contribution in [0.5, 0.6) is 11.5 Å². The summed E-state index contributed by atoms with van der Waals surface area (Å²) in [6.07, 6.45) is 4.21. The van der Waals surface area contributed by atoms with E-state index in [0.717, 1.165) is 96.6 Å². The molecule has 0 spiro atoms. The van der Waals surface area contributed by atoms with Gasteiger partial charge >= 0.3 is 0 Å². The number of para-hydroxylation sites is 4. The summed E-state index contributed by atoms with van der Waals surface area (Å²) in [7, 11) is 0. The van der Waals surface area contributed by atoms with Gasteiger partial charge in [0.25, 0.3) is 0 Å². The van der Waals surface area contributed by atoms with E-state index in [1.54, 1.807) is 0 Å². The Labute approximate surface area is 494 Å². The third-order valence-corrected chi connectivity index (χ3v) is 16.5. The number of hydrogen-bond acceptors (Lipinski definition) is 4. The molecule has 3 heterocycles. The predicted octanol–water partition coefficient (Wildman–Crippen LogP) is 20.2. The molecule has 5 nitrogen and oxygen atoms in total. The molecule has 0 radical (unpaired) electrons. The SMILES string of the molecule is [2H]c1c([2H])c(C(C)(C)C)c([2H])c(C(C)(C)C)c1-c1cccc(-c2ccc3c(c2)C(C)(C)CCC3(C)C)c1N1[CH-]N(c2[c-]c(Oc3[c-]c4c(cc3)c3ccccc3n4-c3cc(C(C)(C)C)c(-c4ccccc4)cn3)ccc2)c2ccccc21.[Pt]. The summed E-state index contributed by atoms with van der Waals surface area (Å²) < 4.78 is 38.6. The molecule has 10 aromatic rings. The Hall–Kier alpha value is -7.20. The van der Waals surface area contributed by atoms with E-state index in [4.69, 9.17) is 9.72 Å². The Morgan fingerprint density at radius 2 is 1.20 bits per heavy atom. The predicted molar refractivity (Wildman–Crippen MR) is 332 cm³/mol. The number of anilines is 4. The van der Waals surface area contributed by atoms with Crippen molar-refractivity contribution in [2.45, 2.75) is 130 Å². The van der Waals surface area contributed by atoms with Crippen LogP contribution in [0, 0.1) is 18.8 Å². The number of aromatic nitrogens is 2. The van der Waals surface area contributed by atoms with E-state index in [0.29, 0.717) is 28.7 Å². The molecule has 0 amide bonds. The molecule has 1 aliphatic carbocycles. The van der Waals surface area contributed by atoms with Crippen LogP contribution in [0.15, 0.2) is 176 Å². The molecule has 0 unspecified atom stereocenters. The summed E-state index contributed by atoms with van der Waals surface area (Å²) in [6.45, 7) is 30.8. The van der Waals surface area contributed by atoms with Crippen molar-refractivity contribution >= 4 is 44.6 Å². The fourth-order valence-corrected chi connectivity index (χ4v) is 12.0. The van der Waals surface area contributed by atoms with Gasteiger partial charge in [-0.25, -0.2) is 4.98 Å². The third kappa shape index (κ3) is 9.78. The Kier molecular flexibility index (Phi) is 12.8. The molecule has 6 heteroatoms. The molecule has 12 rings (SSSR count). The molecule has 0 N–H and O–H groups in total. The van der Waals surface area contributed by atoms with Crippen LogP contribution >= 0.6 is 0 Å². The number of rotatable bonds is 8. The smallest absolute Gasteiger partial charge is 0.135 e. The molecule has 0 saturated carbocycles. The van der Waals surface area contributed by atoms with Gasteiger partial charge in [0.15, 0.2) is 0 Å². The normalized spacial score (nSPS) is 15.5. The minimum atomic E-state index is -0.544. The summed E-state index contributed by atoms with van der Waals surface area (Å²) in [5.41, 5.74) is 15.2. The first-order valence-corrected chi connectivity index (χ1v) is 28.0. The van der Waals surface area contributed by atoms with Crippen LogP contribution in [-0.4, -0.2) is 9.55 Å². The van der Waals surface area contributed by atoms with Crippen molar-refractivity contribution in [1.82, 2.24) is 9.55 Å². The maximum Gasteiger partial charge on any atom is 0.135 e. The van der Waals surface area contributed by atoms with Crippen LogP contribution in [0.3, 0.4) is 0 Å². The first kappa shape index (κ1) is 51.0. The van der Waals surface area contributed by atoms with Gasteiger partial charge in [-0.3, -0.25) is 0 Å². The van der Waals surface area contributed by atoms with Gasteiger partial charge in [0, 0.05) is 78.0 Å². The summed E-state index contributed by atoms with van der Waals surface area (Å²) in [5.74, 6) is 1.88. The minimum absolute atomic E-state index is 0. The Morgan fingerprint density at radius 3 is 1.93 bits per heavy atom. The molecule has 0 atom stereocenters. The quantitative estimate of drug-likeness (QED) is 0.142. The molecule has 1 aliphatic heterocycles. The topological polar surface area (TPSA) is 33.5 Å². The van der Waals surface area contributed by atoms with Gasteiger partial charge < -0.3 is 19.1 Å². The molecule has 2 aliphatic rings. The minimum Gasteiger partial charge on any atom is -0.509 e. The molecule has 8 aromatic carbocycles. The van der Waals surface area contributed by atoms with Crippen LogP contribution in [-0.2, 0) is 48.1 Å². The molecule has 80 heavy (non-hydrogen) atoms. The van der Waals surface area contributed by atoms with Gasteiger partial charge in [0.1, 0.15) is 5.82 Å². The molecule has 408 valence electrons. The third-order valence-electron chi connectivity index (χ3n) is 16.5. The Morgan fingerprint density at radius 1 is 0.550 bits per heavy atom. The van der Waals surface area contributed by atoms with Gasteiger partial charge in [0.05, 0.1) is 4.11 Å². The van der Waals surface area contributed by atoms with Gasteiger partial charge in [-0.05, 0) is 114 Å². The zero-order valence-electron chi connectivity index (χ0n) is 51.5. The van der Waals surface area contributed by atoms with Gasteiger partial charge in [-0.2, -0.15) is 12.1 Å². The number of benzene rings is 8. The monoisotopic (exact) mass is 1230 g/mol. The molecule has 0 saturated heterocycles. The van der Waals surface area contributed by atoms with Crippen molar-refractivity contribution in [1.29, 1.82) is 0 Å². The van der Waals surface area contributed by atoms with E-state index in [1.807, 2.05) is 51.2 Å². The van der Waals surface area contributed by atoms with E-state index in [-0.39, 0.29) is 49.4 Å². The average molecular weight is 1230 g/mol. The van der Waals surface area contributed by atoms with E-state index in [1.165, 1.54) is 16.7 Å². The number of ether oxygens (including phenoxy) is 1. The van der Waals surface area contributed by atoms with E-state index < -0.39 is 10.8 Å². The fraction of sp³-hybridized carbons (Fsp3) is 0.270. The van der Waals surface area contributed by atoms with Crippen molar-refractivity contribution in [3.63, 3.8) is 0 Å². The molecule has 2 aromatic heterocycles. The standard InChI is InChI=1S/C74H73N4O.Pt/c1-70(2,3)50-34-36-55(61(42-50)71(4,5)6)58-29-22-28-54(49-33-38-60-63(41-49)74(12,13)40-39-73(60,10)11)69(58)77-47-76(65-31-19-20-32-66(65)77)51-25-21-26-52(43-51)79-53-35-37-57-56-27-17-18-30-64(56)78(67(57)44-53)68-45-62(72(7,8)9)59(46-75-68)48-23-15-14-16-24-48;/h14-38,41-42,45-47H,39-40H2,1-13H3;/q-3;/i34D,36D,42D;. The zero-order valence-corrected chi connectivity index (χ0v) is 50.8. The van der Waals surface area contributed by atoms with Crippen molar-refractivity contribution in [3.8, 4) is 50.7 Å². The van der Waals surface area contributed by atoms with Crippen LogP contribution in [0.1, 0.15) is 135 Å². The number of pyridine rings is 1. The van der Waals surface area contributed by atoms with Crippen molar-refractivity contribution < 1.29 is 29.9 Å². The van der Waals surface area contributed by atoms with Crippen LogP contribution in [0.4, 0.5) is 22.7 Å². The van der Waals surface area contributed by atoms with E-state index >= 15 is 0 Å². The van der Waals surface area contributed by atoms with Crippen LogP contribution < -0.4 is 14.5 Å². The van der Waals surface area contributed by atoms with Crippen LogP contribution in [0.2, 0.25) is 0 Å². The van der Waals surface area contributed by atoms with Crippen LogP contribution in [0.25, 0.3) is 61.0 Å². The Balaban J connectivity index is 0.00000721. The molecular weight excluding hydrogens is 1160 g/mol. The Bertz CT molecular complexity index is 4180. The first-order chi connectivity index (χ1) is 38.8. The van der Waals surface area contributed by atoms with Crippen molar-refractivity contribution in [3.05, 3.63) is 223 Å². The van der Waals surface area contributed by atoms with Crippen molar-refractivity contribution in [2.75, 3.05) is 9.80 Å². The maximum atomic E-state index is 10.0. The van der Waals surface area contributed by atoms with E-state index in [2.05, 4.69) is 230 Å². The second-order valence-corrected chi connectivity index (χ2v) is 26.2. The molecule has 0 fully saturated rings. The average Bonchev–Trinajstić information content (AvgIpc) is 2.68. The summed E-state index contributed by atoms with van der Waals surface area (Å²) >= 11 is 0. The van der Waals surface area contributed by atoms with Gasteiger partial charge in [-0.15, -0.1) is 48.1 Å². The molecular formula is C74H73N4OPt-3. The number of hydrogen-bond donors (Lipinski definition) is 0. The van der Waals surface area contributed by atoms with Crippen molar-refractivity contribution in [2.24, 2.45) is 0 Å². The largest absolute Gasteiger partial charge is 0.509 e. The van der Waals surface area contributed by atoms with Gasteiger partial charge in [-0.1, -0.05) is 211 Å². The first-order valence-electron chi connectivity index (χ1n) is 29.5. The summed E-state index contributed by atoms with van der Waals surface area (Å²) in [5, 5.41) is 2.15. The zero-order chi connectivity index (χ0) is 58.0. The number of nitrogens with zero attached hydrogens (tertiary/aromatic N) is 4. The second-order valence-electron chi connectivity index (χ2n) is 26.2. The van der Waals surface area contributed by atoms with E-state index in [9.17, 15) is 4.11 Å². The summed E-state index contributed by atoms with van der Waals surface area (Å²) in [6, 6.07) is 60.9. The maximum absolute atomic E-state index is 10.0. The second kappa shape index (κ2) is 20.1.